The summed E-state index contributed by atoms with van der Waals surface area (Å²) in [4.78, 5) is 12.2. The first-order valence-corrected chi connectivity index (χ1v) is 9.94. The standard InChI is InChI=1S/C20H21N3O3S/c1-3-23(4-2)27(25,26)19-12-7-16(8-13-19)9-14-20(24)22-18-10-5-17(15-21)6-11-18/h5-14H,3-4H2,1-2H3,(H,22,24). The predicted octanol–water partition coefficient (Wildman–Crippen LogP) is 3.24. The maximum absolute atomic E-state index is 12.4. The molecule has 0 bridgehead atoms. The summed E-state index contributed by atoms with van der Waals surface area (Å²) in [6, 6.07) is 14.9. The van der Waals surface area contributed by atoms with Crippen LogP contribution in [-0.2, 0) is 14.8 Å². The van der Waals surface area contributed by atoms with E-state index in [0.29, 0.717) is 29.9 Å². The molecule has 2 rings (SSSR count). The first kappa shape index (κ1) is 20.4. The van der Waals surface area contributed by atoms with Crippen molar-refractivity contribution in [2.75, 3.05) is 18.4 Å². The molecule has 0 fully saturated rings. The molecule has 2 aromatic rings. The third kappa shape index (κ3) is 5.26. The summed E-state index contributed by atoms with van der Waals surface area (Å²) in [7, 11) is -3.49. The van der Waals surface area contributed by atoms with E-state index < -0.39 is 10.0 Å². The Morgan fingerprint density at radius 2 is 1.67 bits per heavy atom. The van der Waals surface area contributed by atoms with Gasteiger partial charge in [0.05, 0.1) is 16.5 Å². The van der Waals surface area contributed by atoms with Gasteiger partial charge in [0.2, 0.25) is 15.9 Å². The van der Waals surface area contributed by atoms with Gasteiger partial charge in [-0.2, -0.15) is 9.57 Å². The van der Waals surface area contributed by atoms with E-state index in [1.54, 1.807) is 56.3 Å². The fourth-order valence-corrected chi connectivity index (χ4v) is 3.91. The fourth-order valence-electron chi connectivity index (χ4n) is 2.45. The monoisotopic (exact) mass is 383 g/mol. The molecule has 1 amide bonds. The van der Waals surface area contributed by atoms with Crippen LogP contribution in [0.25, 0.3) is 6.08 Å². The van der Waals surface area contributed by atoms with Crippen molar-refractivity contribution in [1.82, 2.24) is 4.31 Å². The summed E-state index contributed by atoms with van der Waals surface area (Å²) >= 11 is 0. The minimum absolute atomic E-state index is 0.227. The Balaban J connectivity index is 2.04. The number of hydrogen-bond acceptors (Lipinski definition) is 4. The second kappa shape index (κ2) is 9.12. The Morgan fingerprint density at radius 1 is 1.07 bits per heavy atom. The quantitative estimate of drug-likeness (QED) is 0.743. The van der Waals surface area contributed by atoms with E-state index in [1.807, 2.05) is 6.07 Å². The minimum Gasteiger partial charge on any atom is -0.323 e. The minimum atomic E-state index is -3.49. The number of nitriles is 1. The summed E-state index contributed by atoms with van der Waals surface area (Å²) < 4.78 is 26.3. The van der Waals surface area contributed by atoms with E-state index >= 15 is 0 Å². The van der Waals surface area contributed by atoms with Gasteiger partial charge in [0.15, 0.2) is 0 Å². The van der Waals surface area contributed by atoms with Crippen LogP contribution >= 0.6 is 0 Å². The highest BCUT2D eigenvalue weighted by atomic mass is 32.2. The molecule has 140 valence electrons. The maximum Gasteiger partial charge on any atom is 0.248 e. The topological polar surface area (TPSA) is 90.3 Å². The lowest BCUT2D eigenvalue weighted by Crippen LogP contribution is -2.30. The summed E-state index contributed by atoms with van der Waals surface area (Å²) in [5.41, 5.74) is 1.82. The maximum atomic E-state index is 12.4. The number of benzene rings is 2. The molecule has 0 aliphatic rings. The lowest BCUT2D eigenvalue weighted by atomic mass is 10.2. The van der Waals surface area contributed by atoms with Gasteiger partial charge < -0.3 is 5.32 Å². The Kier molecular flexibility index (Phi) is 6.88. The van der Waals surface area contributed by atoms with Crippen molar-refractivity contribution in [3.63, 3.8) is 0 Å². The zero-order valence-corrected chi connectivity index (χ0v) is 16.0. The highest BCUT2D eigenvalue weighted by molar-refractivity contribution is 7.89. The van der Waals surface area contributed by atoms with E-state index in [0.717, 1.165) is 0 Å². The number of sulfonamides is 1. The van der Waals surface area contributed by atoms with Crippen molar-refractivity contribution in [3.05, 3.63) is 65.7 Å². The summed E-state index contributed by atoms with van der Waals surface area (Å²) in [6.45, 7) is 4.42. The Hall–Kier alpha value is -2.95. The summed E-state index contributed by atoms with van der Waals surface area (Å²) in [6.07, 6.45) is 2.97. The number of carbonyl (C=O) groups excluding carboxylic acids is 1. The SMILES string of the molecule is CCN(CC)S(=O)(=O)c1ccc(C=CC(=O)Nc2ccc(C#N)cc2)cc1. The number of carbonyl (C=O) groups is 1. The van der Waals surface area contributed by atoms with Crippen LogP contribution < -0.4 is 5.32 Å². The zero-order chi connectivity index (χ0) is 19.9. The van der Waals surface area contributed by atoms with Crippen LogP contribution in [0, 0.1) is 11.3 Å². The van der Waals surface area contributed by atoms with Gasteiger partial charge >= 0.3 is 0 Å². The van der Waals surface area contributed by atoms with E-state index in [2.05, 4.69) is 5.32 Å². The van der Waals surface area contributed by atoms with Gasteiger partial charge in [-0.1, -0.05) is 26.0 Å². The second-order valence-corrected chi connectivity index (χ2v) is 7.61. The average Bonchev–Trinajstić information content (AvgIpc) is 2.68. The van der Waals surface area contributed by atoms with Gasteiger partial charge in [-0.05, 0) is 48.0 Å². The lowest BCUT2D eigenvalue weighted by Gasteiger charge is -2.18. The number of rotatable bonds is 7. The Morgan fingerprint density at radius 3 is 2.19 bits per heavy atom. The van der Waals surface area contributed by atoms with Crippen LogP contribution in [0.4, 0.5) is 5.69 Å². The van der Waals surface area contributed by atoms with E-state index in [9.17, 15) is 13.2 Å². The van der Waals surface area contributed by atoms with Crippen molar-refractivity contribution in [3.8, 4) is 6.07 Å². The van der Waals surface area contributed by atoms with Gasteiger partial charge in [0.1, 0.15) is 0 Å². The van der Waals surface area contributed by atoms with Gasteiger partial charge in [0.25, 0.3) is 0 Å². The van der Waals surface area contributed by atoms with Crippen LogP contribution in [-0.4, -0.2) is 31.7 Å². The van der Waals surface area contributed by atoms with Crippen molar-refractivity contribution in [1.29, 1.82) is 5.26 Å². The third-order valence-electron chi connectivity index (χ3n) is 3.93. The van der Waals surface area contributed by atoms with Crippen LogP contribution in [0.15, 0.2) is 59.5 Å². The molecular weight excluding hydrogens is 362 g/mol. The second-order valence-electron chi connectivity index (χ2n) is 5.67. The normalized spacial score (nSPS) is 11.5. The molecular formula is C20H21N3O3S. The number of nitrogens with one attached hydrogen (secondary N) is 1. The smallest absolute Gasteiger partial charge is 0.248 e. The molecule has 0 unspecified atom stereocenters. The lowest BCUT2D eigenvalue weighted by molar-refractivity contribution is -0.111. The molecule has 2 aromatic carbocycles. The first-order chi connectivity index (χ1) is 12.9. The molecule has 0 aromatic heterocycles. The molecule has 0 saturated carbocycles. The van der Waals surface area contributed by atoms with Gasteiger partial charge in [-0.25, -0.2) is 8.42 Å². The van der Waals surface area contributed by atoms with Crippen LogP contribution in [0.5, 0.6) is 0 Å². The molecule has 0 radical (unpaired) electrons. The van der Waals surface area contributed by atoms with E-state index in [1.165, 1.54) is 22.5 Å². The molecule has 1 N–H and O–H groups in total. The predicted molar refractivity (Wildman–Crippen MR) is 105 cm³/mol. The zero-order valence-electron chi connectivity index (χ0n) is 15.2. The number of anilines is 1. The molecule has 0 saturated heterocycles. The number of amides is 1. The molecule has 0 atom stereocenters. The molecule has 0 spiro atoms. The summed E-state index contributed by atoms with van der Waals surface area (Å²) in [5.74, 6) is -0.320. The largest absolute Gasteiger partial charge is 0.323 e. The Labute approximate surface area is 159 Å². The number of nitrogens with zero attached hydrogens (tertiary/aromatic N) is 2. The molecule has 0 aliphatic heterocycles. The first-order valence-electron chi connectivity index (χ1n) is 8.50. The van der Waals surface area contributed by atoms with Crippen LogP contribution in [0.2, 0.25) is 0 Å². The average molecular weight is 383 g/mol. The molecule has 6 nitrogen and oxygen atoms in total. The molecule has 7 heteroatoms. The molecule has 0 heterocycles. The highest BCUT2D eigenvalue weighted by Crippen LogP contribution is 2.17. The molecule has 27 heavy (non-hydrogen) atoms. The van der Waals surface area contributed by atoms with Gasteiger partial charge in [0, 0.05) is 24.9 Å². The number of hydrogen-bond donors (Lipinski definition) is 1. The molecule has 0 aliphatic carbocycles. The van der Waals surface area contributed by atoms with Gasteiger partial charge in [-0.15, -0.1) is 0 Å². The van der Waals surface area contributed by atoms with Crippen molar-refractivity contribution in [2.24, 2.45) is 0 Å². The van der Waals surface area contributed by atoms with E-state index in [-0.39, 0.29) is 10.8 Å². The van der Waals surface area contributed by atoms with Crippen molar-refractivity contribution in [2.45, 2.75) is 18.7 Å². The highest BCUT2D eigenvalue weighted by Gasteiger charge is 2.20. The summed E-state index contributed by atoms with van der Waals surface area (Å²) in [5, 5.41) is 11.5. The van der Waals surface area contributed by atoms with E-state index in [4.69, 9.17) is 5.26 Å². The van der Waals surface area contributed by atoms with Crippen molar-refractivity contribution < 1.29 is 13.2 Å². The third-order valence-corrected chi connectivity index (χ3v) is 6.00. The van der Waals surface area contributed by atoms with Crippen LogP contribution in [0.1, 0.15) is 25.0 Å². The Bertz CT molecular complexity index is 953. The fraction of sp³-hybridized carbons (Fsp3) is 0.200. The van der Waals surface area contributed by atoms with Crippen molar-refractivity contribution >= 4 is 27.7 Å². The van der Waals surface area contributed by atoms with Crippen LogP contribution in [0.3, 0.4) is 0 Å². The van der Waals surface area contributed by atoms with Gasteiger partial charge in [-0.3, -0.25) is 4.79 Å².